The van der Waals surface area contributed by atoms with Crippen LogP contribution in [-0.4, -0.2) is 28.3 Å². The number of sulfonamides is 1. The number of aromatic amines is 1. The van der Waals surface area contributed by atoms with Crippen molar-refractivity contribution < 1.29 is 13.5 Å². The third-order valence-corrected chi connectivity index (χ3v) is 5.07. The highest BCUT2D eigenvalue weighted by Gasteiger charge is 2.28. The number of aliphatic hydroxyl groups excluding tert-OH is 1. The summed E-state index contributed by atoms with van der Waals surface area (Å²) in [7, 11) is -3.59. The lowest BCUT2D eigenvalue weighted by molar-refractivity contribution is 0.270. The Balaban J connectivity index is 1.79. The number of aliphatic hydroxyl groups is 1. The molecular weight excluding hydrogens is 292 g/mol. The molecule has 114 valence electrons. The third-order valence-electron chi connectivity index (χ3n) is 3.71. The van der Waals surface area contributed by atoms with Gasteiger partial charge in [-0.3, -0.25) is 5.10 Å². The van der Waals surface area contributed by atoms with Gasteiger partial charge in [0.25, 0.3) is 0 Å². The van der Waals surface area contributed by atoms with Gasteiger partial charge in [0.05, 0.1) is 17.7 Å². The van der Waals surface area contributed by atoms with Gasteiger partial charge in [-0.05, 0) is 25.8 Å². The fraction of sp³-hybridized carbons (Fsp3) is 0.462. The van der Waals surface area contributed by atoms with E-state index in [0.717, 1.165) is 24.1 Å². The van der Waals surface area contributed by atoms with Crippen LogP contribution >= 0.6 is 0 Å². The smallest absolute Gasteiger partial charge is 0.242 e. The summed E-state index contributed by atoms with van der Waals surface area (Å²) in [5, 5.41) is 16.0. The van der Waals surface area contributed by atoms with E-state index in [4.69, 9.17) is 0 Å². The van der Waals surface area contributed by atoms with Crippen molar-refractivity contribution in [2.45, 2.75) is 43.9 Å². The highest BCUT2D eigenvalue weighted by atomic mass is 32.2. The highest BCUT2D eigenvalue weighted by molar-refractivity contribution is 7.89. The van der Waals surface area contributed by atoms with Gasteiger partial charge in [0, 0.05) is 35.7 Å². The number of nitrogens with zero attached hydrogens (tertiary/aromatic N) is 2. The molecule has 0 radical (unpaired) electrons. The van der Waals surface area contributed by atoms with Crippen LogP contribution in [0.4, 0.5) is 0 Å². The molecule has 1 saturated carbocycles. The topological polar surface area (TPSA) is 100 Å². The van der Waals surface area contributed by atoms with Crippen LogP contribution in [0.25, 0.3) is 0 Å². The number of rotatable bonds is 6. The molecule has 0 amide bonds. The largest absolute Gasteiger partial charge is 0.390 e. The average molecular weight is 310 g/mol. The van der Waals surface area contributed by atoms with E-state index in [1.807, 2.05) is 11.5 Å². The van der Waals surface area contributed by atoms with Crippen molar-refractivity contribution in [1.29, 1.82) is 0 Å². The van der Waals surface area contributed by atoms with Crippen LogP contribution in [0.15, 0.2) is 23.4 Å². The zero-order valence-corrected chi connectivity index (χ0v) is 12.5. The molecule has 1 aliphatic rings. The molecule has 2 heterocycles. The summed E-state index contributed by atoms with van der Waals surface area (Å²) >= 11 is 0. The molecule has 3 N–H and O–H groups in total. The van der Waals surface area contributed by atoms with E-state index in [1.165, 1.54) is 6.07 Å². The first-order chi connectivity index (χ1) is 10.0. The number of hydrogen-bond acceptors (Lipinski definition) is 4. The molecule has 0 aromatic carbocycles. The number of aryl methyl sites for hydroxylation is 1. The molecule has 0 spiro atoms. The number of H-pyrrole nitrogens is 1. The first kappa shape index (κ1) is 14.3. The molecule has 2 aromatic rings. The highest BCUT2D eigenvalue weighted by Crippen LogP contribution is 2.37. The molecule has 2 aromatic heterocycles. The molecule has 0 atom stereocenters. The molecule has 8 heteroatoms. The van der Waals surface area contributed by atoms with E-state index >= 15 is 0 Å². The molecule has 0 unspecified atom stereocenters. The minimum atomic E-state index is -3.59. The summed E-state index contributed by atoms with van der Waals surface area (Å²) in [4.78, 5) is 0.194. The molecule has 0 bridgehead atoms. The number of nitrogens with one attached hydrogen (secondary N) is 2. The van der Waals surface area contributed by atoms with E-state index in [1.54, 1.807) is 12.4 Å². The summed E-state index contributed by atoms with van der Waals surface area (Å²) in [6.45, 7) is 1.87. The summed E-state index contributed by atoms with van der Waals surface area (Å²) < 4.78 is 29.1. The van der Waals surface area contributed by atoms with Gasteiger partial charge in [0.15, 0.2) is 0 Å². The Morgan fingerprint density at radius 2 is 2.29 bits per heavy atom. The van der Waals surface area contributed by atoms with Gasteiger partial charge in [0.2, 0.25) is 10.0 Å². The van der Waals surface area contributed by atoms with Gasteiger partial charge in [0.1, 0.15) is 0 Å². The quantitative estimate of drug-likeness (QED) is 0.735. The van der Waals surface area contributed by atoms with Crippen LogP contribution in [-0.2, 0) is 23.2 Å². The van der Waals surface area contributed by atoms with Crippen molar-refractivity contribution in [2.75, 3.05) is 0 Å². The molecule has 0 saturated heterocycles. The van der Waals surface area contributed by atoms with Gasteiger partial charge < -0.3 is 9.67 Å². The second-order valence-corrected chi connectivity index (χ2v) is 7.08. The SMILES string of the molecule is Cc1[nH]ncc1CNS(=O)(=O)c1cc(CO)n(C2CC2)c1. The summed E-state index contributed by atoms with van der Waals surface area (Å²) in [6.07, 6.45) is 5.27. The van der Waals surface area contributed by atoms with Gasteiger partial charge in [-0.25, -0.2) is 13.1 Å². The van der Waals surface area contributed by atoms with Crippen molar-refractivity contribution in [3.8, 4) is 0 Å². The predicted octanol–water partition coefficient (Wildman–Crippen LogP) is 0.825. The summed E-state index contributed by atoms with van der Waals surface area (Å²) in [5.74, 6) is 0. The van der Waals surface area contributed by atoms with E-state index in [9.17, 15) is 13.5 Å². The van der Waals surface area contributed by atoms with E-state index in [-0.39, 0.29) is 18.0 Å². The molecule has 0 aliphatic heterocycles. The van der Waals surface area contributed by atoms with Crippen LogP contribution in [0.5, 0.6) is 0 Å². The van der Waals surface area contributed by atoms with Crippen LogP contribution in [0.2, 0.25) is 0 Å². The normalized spacial score (nSPS) is 15.5. The van der Waals surface area contributed by atoms with Gasteiger partial charge >= 0.3 is 0 Å². The average Bonchev–Trinajstić information content (AvgIpc) is 3.06. The van der Waals surface area contributed by atoms with Crippen molar-refractivity contribution in [3.63, 3.8) is 0 Å². The second kappa shape index (κ2) is 5.28. The zero-order chi connectivity index (χ0) is 15.0. The third kappa shape index (κ3) is 2.87. The fourth-order valence-electron chi connectivity index (χ4n) is 2.27. The van der Waals surface area contributed by atoms with Gasteiger partial charge in [-0.1, -0.05) is 0 Å². The minimum Gasteiger partial charge on any atom is -0.390 e. The van der Waals surface area contributed by atoms with E-state index in [0.29, 0.717) is 11.7 Å². The predicted molar refractivity (Wildman–Crippen MR) is 76.0 cm³/mol. The monoisotopic (exact) mass is 310 g/mol. The number of aromatic nitrogens is 3. The van der Waals surface area contributed by atoms with Gasteiger partial charge in [-0.2, -0.15) is 5.10 Å². The van der Waals surface area contributed by atoms with Crippen molar-refractivity contribution >= 4 is 10.0 Å². The standard InChI is InChI=1S/C13H18N4O3S/c1-9-10(5-14-16-9)6-15-21(19,20)13-4-12(8-18)17(7-13)11-2-3-11/h4-5,7,11,15,18H,2-3,6,8H2,1H3,(H,14,16). The molecule has 21 heavy (non-hydrogen) atoms. The maximum Gasteiger partial charge on any atom is 0.242 e. The first-order valence-corrected chi connectivity index (χ1v) is 8.29. The molecule has 1 aliphatic carbocycles. The Bertz CT molecular complexity index is 743. The number of hydrogen-bond donors (Lipinski definition) is 3. The Hall–Kier alpha value is -1.64. The van der Waals surface area contributed by atoms with Crippen molar-refractivity contribution in [1.82, 2.24) is 19.5 Å². The second-order valence-electron chi connectivity index (χ2n) is 5.31. The van der Waals surface area contributed by atoms with Crippen LogP contribution < -0.4 is 4.72 Å². The molecule has 3 rings (SSSR count). The van der Waals surface area contributed by atoms with Crippen LogP contribution in [0.3, 0.4) is 0 Å². The maximum absolute atomic E-state index is 12.3. The first-order valence-electron chi connectivity index (χ1n) is 6.81. The lowest BCUT2D eigenvalue weighted by Crippen LogP contribution is -2.23. The van der Waals surface area contributed by atoms with Crippen LogP contribution in [0, 0.1) is 6.92 Å². The van der Waals surface area contributed by atoms with E-state index in [2.05, 4.69) is 14.9 Å². The van der Waals surface area contributed by atoms with Gasteiger partial charge in [-0.15, -0.1) is 0 Å². The lowest BCUT2D eigenvalue weighted by atomic mass is 10.3. The van der Waals surface area contributed by atoms with Crippen LogP contribution in [0.1, 0.15) is 35.8 Å². The molecular formula is C13H18N4O3S. The molecule has 1 fully saturated rings. The Labute approximate surface area is 123 Å². The van der Waals surface area contributed by atoms with Crippen molar-refractivity contribution in [3.05, 3.63) is 35.4 Å². The van der Waals surface area contributed by atoms with Crippen molar-refractivity contribution in [2.24, 2.45) is 0 Å². The minimum absolute atomic E-state index is 0.160. The lowest BCUT2D eigenvalue weighted by Gasteiger charge is -2.04. The molecule has 7 nitrogen and oxygen atoms in total. The summed E-state index contributed by atoms with van der Waals surface area (Å²) in [6, 6.07) is 1.86. The Morgan fingerprint density at radius 3 is 2.86 bits per heavy atom. The van der Waals surface area contributed by atoms with E-state index < -0.39 is 10.0 Å². The summed E-state index contributed by atoms with van der Waals surface area (Å²) in [5.41, 5.74) is 2.28. The fourth-order valence-corrected chi connectivity index (χ4v) is 3.33. The Morgan fingerprint density at radius 1 is 1.52 bits per heavy atom. The maximum atomic E-state index is 12.3. The Kier molecular flexibility index (Phi) is 3.60. The zero-order valence-electron chi connectivity index (χ0n) is 11.7.